The van der Waals surface area contributed by atoms with Gasteiger partial charge in [0.05, 0.1) is 0 Å². The SMILES string of the molecule is [CH2-][C@H](N)C(=O)O.[Zn]. The van der Waals surface area contributed by atoms with Crippen molar-refractivity contribution in [2.45, 2.75) is 6.04 Å². The summed E-state index contributed by atoms with van der Waals surface area (Å²) in [6.07, 6.45) is 0. The molecule has 0 heterocycles. The van der Waals surface area contributed by atoms with Crippen LogP contribution in [0, 0.1) is 6.92 Å². The largest absolute Gasteiger partial charge is 0.482 e. The molecule has 4 heteroatoms. The van der Waals surface area contributed by atoms with Crippen molar-refractivity contribution >= 4 is 5.97 Å². The minimum absolute atomic E-state index is 0. The average Bonchev–Trinajstić information content (AvgIpc) is 1.36. The van der Waals surface area contributed by atoms with Crippen molar-refractivity contribution in [3.05, 3.63) is 6.92 Å². The Bertz CT molecular complexity index is 64.0. The van der Waals surface area contributed by atoms with Crippen molar-refractivity contribution < 1.29 is 29.4 Å². The Balaban J connectivity index is 0. The number of nitrogens with two attached hydrogens (primary N) is 1. The Morgan fingerprint density at radius 1 is 1.86 bits per heavy atom. The number of aliphatic carboxylic acids is 1. The van der Waals surface area contributed by atoms with Gasteiger partial charge < -0.3 is 17.8 Å². The van der Waals surface area contributed by atoms with E-state index in [0.29, 0.717) is 0 Å². The molecule has 0 aliphatic rings. The summed E-state index contributed by atoms with van der Waals surface area (Å²) in [5.74, 6) is -1.07. The summed E-state index contributed by atoms with van der Waals surface area (Å²) in [5.41, 5.74) is 4.72. The Kier molecular flexibility index (Phi) is 6.10. The molecule has 3 nitrogen and oxygen atoms in total. The van der Waals surface area contributed by atoms with Crippen molar-refractivity contribution in [2.75, 3.05) is 0 Å². The number of carboxylic acids is 1. The first-order chi connectivity index (χ1) is 2.64. The molecule has 0 fully saturated rings. The third kappa shape index (κ3) is 6.05. The molecule has 0 saturated carbocycles. The molecule has 0 aromatic heterocycles. The van der Waals surface area contributed by atoms with Crippen LogP contribution in [0.5, 0.6) is 0 Å². The zero-order valence-electron chi connectivity index (χ0n) is 3.92. The summed E-state index contributed by atoms with van der Waals surface area (Å²) in [6, 6.07) is -0.981. The first-order valence-electron chi connectivity index (χ1n) is 1.46. The van der Waals surface area contributed by atoms with Crippen molar-refractivity contribution in [2.24, 2.45) is 5.73 Å². The van der Waals surface area contributed by atoms with Gasteiger partial charge in [-0.1, -0.05) is 0 Å². The maximum absolute atomic E-state index is 9.51. The minimum Gasteiger partial charge on any atom is -0.482 e. The molecular weight excluding hydrogens is 147 g/mol. The van der Waals surface area contributed by atoms with Gasteiger partial charge in [0, 0.05) is 19.5 Å². The van der Waals surface area contributed by atoms with Crippen LogP contribution in [0.1, 0.15) is 0 Å². The summed E-state index contributed by atoms with van der Waals surface area (Å²) in [7, 11) is 0. The normalized spacial score (nSPS) is 11.7. The zero-order chi connectivity index (χ0) is 5.15. The van der Waals surface area contributed by atoms with Crippen LogP contribution in [0.4, 0.5) is 0 Å². The third-order valence-electron chi connectivity index (χ3n) is 0.317. The van der Waals surface area contributed by atoms with Crippen molar-refractivity contribution in [1.82, 2.24) is 0 Å². The van der Waals surface area contributed by atoms with Gasteiger partial charge in [-0.2, -0.15) is 0 Å². The van der Waals surface area contributed by atoms with Crippen LogP contribution in [-0.4, -0.2) is 17.1 Å². The molecule has 0 spiro atoms. The predicted molar refractivity (Wildman–Crippen MR) is 21.0 cm³/mol. The molecule has 0 aliphatic heterocycles. The molecule has 0 aromatic carbocycles. The predicted octanol–water partition coefficient (Wildman–Crippen LogP) is -0.770. The van der Waals surface area contributed by atoms with Crippen LogP contribution < -0.4 is 5.73 Å². The first-order valence-corrected chi connectivity index (χ1v) is 1.46. The molecule has 3 N–H and O–H groups in total. The van der Waals surface area contributed by atoms with Crippen LogP contribution in [0.25, 0.3) is 0 Å². The molecule has 0 saturated heterocycles. The summed E-state index contributed by atoms with van der Waals surface area (Å²) in [4.78, 5) is 9.51. The molecule has 0 rings (SSSR count). The number of rotatable bonds is 1. The van der Waals surface area contributed by atoms with E-state index < -0.39 is 12.0 Å². The van der Waals surface area contributed by atoms with Crippen LogP contribution in [0.2, 0.25) is 0 Å². The topological polar surface area (TPSA) is 63.3 Å². The smallest absolute Gasteiger partial charge is 0.289 e. The van der Waals surface area contributed by atoms with Crippen molar-refractivity contribution in [3.8, 4) is 0 Å². The maximum Gasteiger partial charge on any atom is 0.289 e. The molecule has 0 radical (unpaired) electrons. The van der Waals surface area contributed by atoms with Gasteiger partial charge in [0.1, 0.15) is 0 Å². The van der Waals surface area contributed by atoms with Crippen LogP contribution in [0.3, 0.4) is 0 Å². The number of hydrogen-bond acceptors (Lipinski definition) is 2. The van der Waals surface area contributed by atoms with Crippen LogP contribution in [0.15, 0.2) is 0 Å². The molecule has 0 bridgehead atoms. The van der Waals surface area contributed by atoms with Gasteiger partial charge in [-0.15, -0.1) is 0 Å². The van der Waals surface area contributed by atoms with E-state index in [9.17, 15) is 4.79 Å². The van der Waals surface area contributed by atoms with Gasteiger partial charge in [-0.05, 0) is 6.04 Å². The average molecular weight is 153 g/mol. The Morgan fingerprint density at radius 3 is 2.00 bits per heavy atom. The van der Waals surface area contributed by atoms with Gasteiger partial charge in [-0.25, -0.2) is 0 Å². The van der Waals surface area contributed by atoms with Crippen LogP contribution >= 0.6 is 0 Å². The van der Waals surface area contributed by atoms with E-state index in [2.05, 4.69) is 6.92 Å². The zero-order valence-corrected chi connectivity index (χ0v) is 6.89. The molecule has 0 aliphatic carbocycles. The molecule has 0 unspecified atom stereocenters. The van der Waals surface area contributed by atoms with E-state index in [0.717, 1.165) is 0 Å². The van der Waals surface area contributed by atoms with Gasteiger partial charge >= 0.3 is 0 Å². The van der Waals surface area contributed by atoms with Gasteiger partial charge in [0.25, 0.3) is 5.97 Å². The van der Waals surface area contributed by atoms with Crippen LogP contribution in [-0.2, 0) is 24.3 Å². The monoisotopic (exact) mass is 152 g/mol. The van der Waals surface area contributed by atoms with Crippen molar-refractivity contribution in [1.29, 1.82) is 0 Å². The van der Waals surface area contributed by atoms with Gasteiger partial charge in [0.15, 0.2) is 0 Å². The van der Waals surface area contributed by atoms with E-state index in [1.54, 1.807) is 0 Å². The first kappa shape index (κ1) is 10.1. The standard InChI is InChI=1S/C3H6NO2.Zn/c1-2(4)3(5)6;/h2H,1,4H2,(H,5,6);/q-1;/t2-;/m0./s1. The minimum atomic E-state index is -1.07. The Labute approximate surface area is 54.6 Å². The fourth-order valence-electron chi connectivity index (χ4n) is 0. The number of carboxylic acid groups (broad SMARTS) is 1. The Morgan fingerprint density at radius 2 is 2.00 bits per heavy atom. The molecule has 0 amide bonds. The second kappa shape index (κ2) is 4.22. The van der Waals surface area contributed by atoms with E-state index in [-0.39, 0.29) is 19.5 Å². The number of carbonyl (C=O) groups is 1. The molecule has 7 heavy (non-hydrogen) atoms. The third-order valence-corrected chi connectivity index (χ3v) is 0.317. The Hall–Kier alpha value is 0.0534. The second-order valence-corrected chi connectivity index (χ2v) is 0.945. The summed E-state index contributed by atoms with van der Waals surface area (Å²) >= 11 is 0. The summed E-state index contributed by atoms with van der Waals surface area (Å²) in [6.45, 7) is 3.02. The van der Waals surface area contributed by atoms with Gasteiger partial charge in [-0.3, -0.25) is 4.79 Å². The molecular formula is C3H6NO2Zn-. The fraction of sp³-hybridized carbons (Fsp3) is 0.333. The van der Waals surface area contributed by atoms with E-state index in [1.807, 2.05) is 0 Å². The van der Waals surface area contributed by atoms with Crippen molar-refractivity contribution in [3.63, 3.8) is 0 Å². The maximum atomic E-state index is 9.51. The van der Waals surface area contributed by atoms with E-state index in [1.165, 1.54) is 0 Å². The van der Waals surface area contributed by atoms with E-state index in [4.69, 9.17) is 10.8 Å². The number of hydrogen-bond donors (Lipinski definition) is 2. The fourth-order valence-corrected chi connectivity index (χ4v) is 0. The second-order valence-electron chi connectivity index (χ2n) is 0.945. The molecule has 38 valence electrons. The quantitative estimate of drug-likeness (QED) is 0.384. The summed E-state index contributed by atoms with van der Waals surface area (Å²) < 4.78 is 0. The summed E-state index contributed by atoms with van der Waals surface area (Å²) in [5, 5.41) is 7.80. The molecule has 0 aromatic rings. The van der Waals surface area contributed by atoms with Gasteiger partial charge in [0.2, 0.25) is 0 Å². The molecule has 1 atom stereocenters. The van der Waals surface area contributed by atoms with E-state index >= 15 is 0 Å².